The van der Waals surface area contributed by atoms with E-state index < -0.39 is 0 Å². The number of piperidine rings is 1. The summed E-state index contributed by atoms with van der Waals surface area (Å²) in [7, 11) is 0. The molecule has 6 nitrogen and oxygen atoms in total. The predicted molar refractivity (Wildman–Crippen MR) is 96.9 cm³/mol. The minimum absolute atomic E-state index is 0.0542. The number of benzene rings is 1. The van der Waals surface area contributed by atoms with Crippen LogP contribution in [0.1, 0.15) is 37.9 Å². The van der Waals surface area contributed by atoms with Crippen LogP contribution in [0.25, 0.3) is 0 Å². The smallest absolute Gasteiger partial charge is 0.231 e. The minimum Gasteiger partial charge on any atom is -0.454 e. The molecule has 1 aromatic heterocycles. The number of amides is 1. The van der Waals surface area contributed by atoms with E-state index in [-0.39, 0.29) is 11.3 Å². The Morgan fingerprint density at radius 1 is 1.27 bits per heavy atom. The molecule has 1 atom stereocenters. The topological polar surface area (TPSA) is 56.6 Å². The lowest BCUT2D eigenvalue weighted by Crippen LogP contribution is -2.45. The lowest BCUT2D eigenvalue weighted by molar-refractivity contribution is -0.138. The van der Waals surface area contributed by atoms with Gasteiger partial charge in [-0.2, -0.15) is 0 Å². The van der Waals surface area contributed by atoms with Gasteiger partial charge in [-0.15, -0.1) is 0 Å². The van der Waals surface area contributed by atoms with Crippen LogP contribution in [0.2, 0.25) is 0 Å². The van der Waals surface area contributed by atoms with Gasteiger partial charge in [-0.25, -0.2) is 4.98 Å². The summed E-state index contributed by atoms with van der Waals surface area (Å²) in [5, 5.41) is 0. The first-order chi connectivity index (χ1) is 12.6. The van der Waals surface area contributed by atoms with Crippen LogP contribution in [-0.4, -0.2) is 33.7 Å². The highest BCUT2D eigenvalue weighted by Crippen LogP contribution is 2.38. The number of fused-ring (bicyclic) bond motifs is 1. The van der Waals surface area contributed by atoms with Gasteiger partial charge in [0, 0.05) is 25.7 Å². The zero-order valence-electron chi connectivity index (χ0n) is 15.4. The van der Waals surface area contributed by atoms with Crippen molar-refractivity contribution in [3.05, 3.63) is 42.0 Å². The van der Waals surface area contributed by atoms with E-state index in [0.717, 1.165) is 43.1 Å². The van der Waals surface area contributed by atoms with Crippen molar-refractivity contribution in [1.29, 1.82) is 0 Å². The van der Waals surface area contributed by atoms with Gasteiger partial charge in [-0.3, -0.25) is 4.79 Å². The quantitative estimate of drug-likeness (QED) is 0.827. The van der Waals surface area contributed by atoms with Crippen molar-refractivity contribution in [2.75, 3.05) is 13.3 Å². The number of imidazole rings is 1. The second-order valence-corrected chi connectivity index (χ2v) is 7.60. The second-order valence-electron chi connectivity index (χ2n) is 7.60. The molecule has 0 unspecified atom stereocenters. The molecule has 3 heterocycles. The Bertz CT molecular complexity index is 816. The number of aromatic nitrogens is 2. The van der Waals surface area contributed by atoms with Crippen LogP contribution in [0.15, 0.2) is 30.7 Å². The van der Waals surface area contributed by atoms with Crippen molar-refractivity contribution >= 4 is 5.91 Å². The fourth-order valence-electron chi connectivity index (χ4n) is 3.99. The standard InChI is InChI=1S/C20H25N3O3/c1-3-22-13-21-10-16(22)11-23-12-20(2,7-6-19(23)24)9-15-4-5-17-18(8-15)26-14-25-17/h4-5,8,10,13H,3,6-7,9,11-12,14H2,1-2H3/t20-/m0/s1. The summed E-state index contributed by atoms with van der Waals surface area (Å²) < 4.78 is 13.0. The van der Waals surface area contributed by atoms with E-state index in [2.05, 4.69) is 35.5 Å². The molecule has 1 fully saturated rings. The molecule has 0 N–H and O–H groups in total. The molecule has 2 aliphatic heterocycles. The van der Waals surface area contributed by atoms with Gasteiger partial charge in [0.05, 0.1) is 18.6 Å². The van der Waals surface area contributed by atoms with Crippen LogP contribution in [0.3, 0.4) is 0 Å². The van der Waals surface area contributed by atoms with Gasteiger partial charge in [0.2, 0.25) is 12.7 Å². The van der Waals surface area contributed by atoms with E-state index >= 15 is 0 Å². The van der Waals surface area contributed by atoms with Crippen LogP contribution >= 0.6 is 0 Å². The van der Waals surface area contributed by atoms with Crippen molar-refractivity contribution in [3.63, 3.8) is 0 Å². The third kappa shape index (κ3) is 3.28. The predicted octanol–water partition coefficient (Wildman–Crippen LogP) is 3.00. The number of likely N-dealkylation sites (tertiary alicyclic amines) is 1. The molecule has 6 heteroatoms. The molecule has 138 valence electrons. The molecule has 4 rings (SSSR count). The van der Waals surface area contributed by atoms with E-state index in [9.17, 15) is 4.79 Å². The van der Waals surface area contributed by atoms with Gasteiger partial charge in [-0.1, -0.05) is 13.0 Å². The van der Waals surface area contributed by atoms with E-state index in [1.165, 1.54) is 5.56 Å². The first-order valence-corrected chi connectivity index (χ1v) is 9.22. The highest BCUT2D eigenvalue weighted by atomic mass is 16.7. The fourth-order valence-corrected chi connectivity index (χ4v) is 3.99. The molecule has 1 amide bonds. The number of aryl methyl sites for hydroxylation is 1. The summed E-state index contributed by atoms with van der Waals surface area (Å²) >= 11 is 0. The maximum Gasteiger partial charge on any atom is 0.231 e. The van der Waals surface area contributed by atoms with Crippen molar-refractivity contribution in [2.24, 2.45) is 5.41 Å². The summed E-state index contributed by atoms with van der Waals surface area (Å²) in [6.45, 7) is 6.91. The number of nitrogens with zero attached hydrogens (tertiary/aromatic N) is 3. The second kappa shape index (κ2) is 6.67. The van der Waals surface area contributed by atoms with Crippen LogP contribution in [-0.2, 0) is 24.3 Å². The number of rotatable bonds is 5. The highest BCUT2D eigenvalue weighted by Gasteiger charge is 2.35. The molecular weight excluding hydrogens is 330 g/mol. The lowest BCUT2D eigenvalue weighted by atomic mass is 9.76. The number of ether oxygens (including phenoxy) is 2. The van der Waals surface area contributed by atoms with Gasteiger partial charge in [0.25, 0.3) is 0 Å². The van der Waals surface area contributed by atoms with Crippen LogP contribution in [0, 0.1) is 5.41 Å². The number of carbonyl (C=O) groups is 1. The van der Waals surface area contributed by atoms with Gasteiger partial charge in [-0.05, 0) is 42.9 Å². The first kappa shape index (κ1) is 16.9. The Morgan fingerprint density at radius 2 is 2.12 bits per heavy atom. The van der Waals surface area contributed by atoms with Gasteiger partial charge < -0.3 is 18.9 Å². The monoisotopic (exact) mass is 355 g/mol. The van der Waals surface area contributed by atoms with Crippen molar-refractivity contribution in [1.82, 2.24) is 14.5 Å². The average Bonchev–Trinajstić information content (AvgIpc) is 3.26. The number of hydrogen-bond acceptors (Lipinski definition) is 4. The Morgan fingerprint density at radius 3 is 2.96 bits per heavy atom. The van der Waals surface area contributed by atoms with Crippen LogP contribution < -0.4 is 9.47 Å². The van der Waals surface area contributed by atoms with Gasteiger partial charge in [0.15, 0.2) is 11.5 Å². The summed E-state index contributed by atoms with van der Waals surface area (Å²) in [4.78, 5) is 18.7. The van der Waals surface area contributed by atoms with E-state index in [4.69, 9.17) is 9.47 Å². The summed E-state index contributed by atoms with van der Waals surface area (Å²) in [6, 6.07) is 6.15. The molecule has 2 aromatic rings. The molecule has 1 aromatic carbocycles. The molecular formula is C20H25N3O3. The average molecular weight is 355 g/mol. The fraction of sp³-hybridized carbons (Fsp3) is 0.500. The molecule has 0 bridgehead atoms. The summed E-state index contributed by atoms with van der Waals surface area (Å²) in [6.07, 6.45) is 6.11. The molecule has 2 aliphatic rings. The van der Waals surface area contributed by atoms with Crippen molar-refractivity contribution < 1.29 is 14.3 Å². The maximum atomic E-state index is 12.5. The maximum absolute atomic E-state index is 12.5. The zero-order chi connectivity index (χ0) is 18.1. The molecule has 1 saturated heterocycles. The van der Waals surface area contributed by atoms with Crippen molar-refractivity contribution in [3.8, 4) is 11.5 Å². The van der Waals surface area contributed by atoms with Crippen molar-refractivity contribution in [2.45, 2.75) is 46.2 Å². The normalized spacial score (nSPS) is 22.1. The van der Waals surface area contributed by atoms with Gasteiger partial charge >= 0.3 is 0 Å². The SMILES string of the molecule is CCn1cncc1CN1C[C@](C)(Cc2ccc3c(c2)OCO3)CCC1=O. The number of carbonyl (C=O) groups excluding carboxylic acids is 1. The minimum atomic E-state index is 0.0542. The van der Waals surface area contributed by atoms with E-state index in [0.29, 0.717) is 19.8 Å². The molecule has 0 saturated carbocycles. The lowest BCUT2D eigenvalue weighted by Gasteiger charge is -2.40. The van der Waals surface area contributed by atoms with Crippen LogP contribution in [0.5, 0.6) is 11.5 Å². The third-order valence-electron chi connectivity index (χ3n) is 5.43. The zero-order valence-corrected chi connectivity index (χ0v) is 15.4. The summed E-state index contributed by atoms with van der Waals surface area (Å²) in [5.74, 6) is 1.87. The van der Waals surface area contributed by atoms with E-state index in [1.54, 1.807) is 0 Å². The van der Waals surface area contributed by atoms with Gasteiger partial charge in [0.1, 0.15) is 0 Å². The Labute approximate surface area is 153 Å². The van der Waals surface area contributed by atoms with E-state index in [1.807, 2.05) is 23.5 Å². The third-order valence-corrected chi connectivity index (χ3v) is 5.43. The molecule has 0 aliphatic carbocycles. The number of hydrogen-bond donors (Lipinski definition) is 0. The highest BCUT2D eigenvalue weighted by molar-refractivity contribution is 5.77. The van der Waals surface area contributed by atoms with Crippen LogP contribution in [0.4, 0.5) is 0 Å². The Balaban J connectivity index is 1.48. The Kier molecular flexibility index (Phi) is 4.34. The first-order valence-electron chi connectivity index (χ1n) is 9.22. The largest absolute Gasteiger partial charge is 0.454 e. The molecule has 26 heavy (non-hydrogen) atoms. The summed E-state index contributed by atoms with van der Waals surface area (Å²) in [5.41, 5.74) is 2.37. The molecule has 0 spiro atoms. The molecule has 0 radical (unpaired) electrons. The Hall–Kier alpha value is -2.50.